The molecule has 0 saturated heterocycles. The highest BCUT2D eigenvalue weighted by Gasteiger charge is 2.32. The van der Waals surface area contributed by atoms with Crippen molar-refractivity contribution in [3.63, 3.8) is 0 Å². The average Bonchev–Trinajstić information content (AvgIpc) is 3.28. The van der Waals surface area contributed by atoms with E-state index in [0.717, 1.165) is 63.9 Å². The predicted molar refractivity (Wildman–Crippen MR) is 157 cm³/mol. The zero-order chi connectivity index (χ0) is 26.8. The van der Waals surface area contributed by atoms with Gasteiger partial charge < -0.3 is 20.7 Å². The number of ether oxygens (including phenoxy) is 1. The molecule has 1 aliphatic carbocycles. The molecular weight excluding hydrogens is 516 g/mol. The second kappa shape index (κ2) is 11.3. The topological polar surface area (TPSA) is 80.5 Å². The highest BCUT2D eigenvalue weighted by Crippen LogP contribution is 2.38. The van der Waals surface area contributed by atoms with Crippen molar-refractivity contribution in [2.75, 3.05) is 19.9 Å². The minimum Gasteiger partial charge on any atom is -0.496 e. The molecule has 0 spiro atoms. The van der Waals surface area contributed by atoms with E-state index >= 15 is 0 Å². The van der Waals surface area contributed by atoms with Crippen LogP contribution in [0, 0.1) is 6.92 Å². The molecular formula is C30H33ClN4O2S. The number of nitrogens with two attached hydrogens (primary N) is 1. The van der Waals surface area contributed by atoms with E-state index < -0.39 is 0 Å². The fourth-order valence-corrected chi connectivity index (χ4v) is 6.93. The lowest BCUT2D eigenvalue weighted by Crippen LogP contribution is -2.44. The number of nitrogens with one attached hydrogen (secondary N) is 1. The Hall–Kier alpha value is -3.13. The van der Waals surface area contributed by atoms with Crippen molar-refractivity contribution in [1.82, 2.24) is 15.2 Å². The molecule has 0 unspecified atom stereocenters. The largest absolute Gasteiger partial charge is 0.496 e. The van der Waals surface area contributed by atoms with Crippen molar-refractivity contribution in [2.45, 2.75) is 51.2 Å². The Morgan fingerprint density at radius 3 is 2.61 bits per heavy atom. The van der Waals surface area contributed by atoms with Crippen molar-refractivity contribution in [2.24, 2.45) is 0 Å². The number of amides is 1. The molecule has 1 fully saturated rings. The maximum absolute atomic E-state index is 14.2. The van der Waals surface area contributed by atoms with Crippen LogP contribution in [0.25, 0.3) is 21.2 Å². The van der Waals surface area contributed by atoms with Crippen LogP contribution in [0.3, 0.4) is 0 Å². The van der Waals surface area contributed by atoms with Crippen LogP contribution < -0.4 is 15.8 Å². The first-order chi connectivity index (χ1) is 18.4. The van der Waals surface area contributed by atoms with E-state index in [1.165, 1.54) is 11.3 Å². The highest BCUT2D eigenvalue weighted by atomic mass is 35.5. The van der Waals surface area contributed by atoms with Gasteiger partial charge in [-0.15, -0.1) is 11.3 Å². The van der Waals surface area contributed by atoms with Crippen LogP contribution in [0.2, 0.25) is 5.02 Å². The standard InChI is InChI=1S/C30H33ClN4O2S/c1-18-23(13-15-27(32)34-18)19-8-14-25(37-3)20(16-19)17-35(22-11-9-21(33-2)10-12-22)30(36)29-28(31)24-6-4-5-7-26(24)38-29/h4-8,13-16,21-22,33H,9-12,17H2,1-3H3,(H2,32,34)/t21-,22-. The molecule has 8 heteroatoms. The molecule has 0 radical (unpaired) electrons. The fraction of sp³-hybridized carbons (Fsp3) is 0.333. The summed E-state index contributed by atoms with van der Waals surface area (Å²) in [6.07, 6.45) is 3.92. The van der Waals surface area contributed by atoms with Gasteiger partial charge in [-0.1, -0.05) is 35.9 Å². The lowest BCUT2D eigenvalue weighted by atomic mass is 9.89. The first kappa shape index (κ1) is 26.5. The molecule has 5 rings (SSSR count). The minimum atomic E-state index is -0.0260. The molecule has 1 saturated carbocycles. The van der Waals surface area contributed by atoms with Gasteiger partial charge in [0, 0.05) is 45.5 Å². The fourth-order valence-electron chi connectivity index (χ4n) is 5.46. The summed E-state index contributed by atoms with van der Waals surface area (Å²) < 4.78 is 6.78. The Labute approximate surface area is 232 Å². The van der Waals surface area contributed by atoms with Gasteiger partial charge in [-0.2, -0.15) is 0 Å². The third kappa shape index (κ3) is 5.23. The van der Waals surface area contributed by atoms with Gasteiger partial charge in [0.15, 0.2) is 0 Å². The zero-order valence-electron chi connectivity index (χ0n) is 22.0. The Balaban J connectivity index is 1.54. The second-order valence-corrected chi connectivity index (χ2v) is 11.3. The first-order valence-electron chi connectivity index (χ1n) is 12.9. The number of rotatable bonds is 7. The molecule has 1 aliphatic rings. The van der Waals surface area contributed by atoms with Gasteiger partial charge in [0.25, 0.3) is 5.91 Å². The SMILES string of the molecule is CN[C@H]1CC[C@H](N(Cc2cc(-c3ccc(N)nc3C)ccc2OC)C(=O)c2sc3ccccc3c2Cl)CC1. The van der Waals surface area contributed by atoms with Crippen LogP contribution in [-0.2, 0) is 6.54 Å². The summed E-state index contributed by atoms with van der Waals surface area (Å²) in [5.74, 6) is 1.22. The van der Waals surface area contributed by atoms with E-state index in [1.807, 2.05) is 67.4 Å². The van der Waals surface area contributed by atoms with Gasteiger partial charge in [-0.05, 0) is 75.5 Å². The molecule has 1 amide bonds. The van der Waals surface area contributed by atoms with E-state index in [0.29, 0.717) is 28.3 Å². The number of aryl methyl sites for hydroxylation is 1. The maximum atomic E-state index is 14.2. The number of hydrogen-bond acceptors (Lipinski definition) is 6. The maximum Gasteiger partial charge on any atom is 0.266 e. The molecule has 2 aromatic heterocycles. The van der Waals surface area contributed by atoms with Gasteiger partial charge in [0.1, 0.15) is 16.4 Å². The minimum absolute atomic E-state index is 0.0260. The monoisotopic (exact) mass is 548 g/mol. The molecule has 3 N–H and O–H groups in total. The van der Waals surface area contributed by atoms with Crippen molar-refractivity contribution < 1.29 is 9.53 Å². The van der Waals surface area contributed by atoms with Crippen molar-refractivity contribution >= 4 is 44.7 Å². The van der Waals surface area contributed by atoms with Crippen LogP contribution in [0.15, 0.2) is 54.6 Å². The van der Waals surface area contributed by atoms with Crippen molar-refractivity contribution in [3.05, 3.63) is 75.8 Å². The number of methoxy groups -OCH3 is 1. The number of nitrogens with zero attached hydrogens (tertiary/aromatic N) is 2. The molecule has 0 atom stereocenters. The molecule has 6 nitrogen and oxygen atoms in total. The van der Waals surface area contributed by atoms with Crippen LogP contribution in [-0.4, -0.2) is 42.0 Å². The van der Waals surface area contributed by atoms with E-state index in [-0.39, 0.29) is 11.9 Å². The Morgan fingerprint density at radius 1 is 1.16 bits per heavy atom. The first-order valence-corrected chi connectivity index (χ1v) is 14.1. The number of pyridine rings is 1. The normalized spacial score (nSPS) is 17.5. The summed E-state index contributed by atoms with van der Waals surface area (Å²) in [7, 11) is 3.68. The summed E-state index contributed by atoms with van der Waals surface area (Å²) in [5, 5.41) is 4.86. The smallest absolute Gasteiger partial charge is 0.266 e. The van der Waals surface area contributed by atoms with Gasteiger partial charge in [0.2, 0.25) is 0 Å². The number of carbonyl (C=O) groups is 1. The highest BCUT2D eigenvalue weighted by molar-refractivity contribution is 7.21. The number of aromatic nitrogens is 1. The zero-order valence-corrected chi connectivity index (χ0v) is 23.5. The number of hydrogen-bond donors (Lipinski definition) is 2. The number of anilines is 1. The summed E-state index contributed by atoms with van der Waals surface area (Å²) in [5.41, 5.74) is 9.71. The number of halogens is 1. The molecule has 198 valence electrons. The van der Waals surface area contributed by atoms with Gasteiger partial charge in [0.05, 0.1) is 12.1 Å². The predicted octanol–water partition coefficient (Wildman–Crippen LogP) is 6.69. The number of nitrogen functional groups attached to an aromatic ring is 1. The van der Waals surface area contributed by atoms with Gasteiger partial charge >= 0.3 is 0 Å². The lowest BCUT2D eigenvalue weighted by Gasteiger charge is -2.37. The third-order valence-electron chi connectivity index (χ3n) is 7.58. The molecule has 4 aromatic rings. The Kier molecular flexibility index (Phi) is 7.88. The quantitative estimate of drug-likeness (QED) is 0.269. The Bertz CT molecular complexity index is 1460. The molecule has 38 heavy (non-hydrogen) atoms. The van der Waals surface area contributed by atoms with Gasteiger partial charge in [-0.3, -0.25) is 4.79 Å². The van der Waals surface area contributed by atoms with Gasteiger partial charge in [-0.25, -0.2) is 4.98 Å². The van der Waals surface area contributed by atoms with Crippen molar-refractivity contribution in [1.29, 1.82) is 0 Å². The number of fused-ring (bicyclic) bond motifs is 1. The number of carbonyl (C=O) groups excluding carboxylic acids is 1. The average molecular weight is 549 g/mol. The molecule has 2 heterocycles. The van der Waals surface area contributed by atoms with Crippen LogP contribution in [0.5, 0.6) is 5.75 Å². The summed E-state index contributed by atoms with van der Waals surface area (Å²) in [4.78, 5) is 21.2. The lowest BCUT2D eigenvalue weighted by molar-refractivity contribution is 0.0604. The number of benzene rings is 2. The van der Waals surface area contributed by atoms with Crippen LogP contribution in [0.1, 0.15) is 46.6 Å². The molecule has 0 aliphatic heterocycles. The third-order valence-corrected chi connectivity index (χ3v) is 9.24. The number of thiophene rings is 1. The van der Waals surface area contributed by atoms with E-state index in [2.05, 4.69) is 16.4 Å². The van der Waals surface area contributed by atoms with E-state index in [9.17, 15) is 4.79 Å². The van der Waals surface area contributed by atoms with E-state index in [4.69, 9.17) is 22.1 Å². The van der Waals surface area contributed by atoms with E-state index in [1.54, 1.807) is 7.11 Å². The Morgan fingerprint density at radius 2 is 1.92 bits per heavy atom. The summed E-state index contributed by atoms with van der Waals surface area (Å²) >= 11 is 8.26. The summed E-state index contributed by atoms with van der Waals surface area (Å²) in [6, 6.07) is 18.4. The van der Waals surface area contributed by atoms with Crippen molar-refractivity contribution in [3.8, 4) is 16.9 Å². The molecule has 2 aromatic carbocycles. The second-order valence-electron chi connectivity index (χ2n) is 9.86. The van der Waals surface area contributed by atoms with Crippen LogP contribution in [0.4, 0.5) is 5.82 Å². The van der Waals surface area contributed by atoms with Crippen LogP contribution >= 0.6 is 22.9 Å². The summed E-state index contributed by atoms with van der Waals surface area (Å²) in [6.45, 7) is 2.38. The molecule has 0 bridgehead atoms.